The highest BCUT2D eigenvalue weighted by molar-refractivity contribution is 7.13. The number of nitrogens with one attached hydrogen (secondary N) is 1. The van der Waals surface area contributed by atoms with Gasteiger partial charge in [-0.25, -0.2) is 14.8 Å². The molecule has 0 saturated carbocycles. The zero-order chi connectivity index (χ0) is 18.0. The lowest BCUT2D eigenvalue weighted by Gasteiger charge is -2.03. The van der Waals surface area contributed by atoms with Gasteiger partial charge in [-0.3, -0.25) is 4.79 Å². The molecular formula is C17H15N3O4S. The molecule has 0 aliphatic rings. The van der Waals surface area contributed by atoms with Gasteiger partial charge in [0.05, 0.1) is 23.4 Å². The molecule has 3 aromatic heterocycles. The van der Waals surface area contributed by atoms with E-state index in [0.717, 1.165) is 5.56 Å². The molecule has 3 rings (SSSR count). The highest BCUT2D eigenvalue weighted by atomic mass is 32.1. The quantitative estimate of drug-likeness (QED) is 0.727. The minimum atomic E-state index is -1.10. The average Bonchev–Trinajstić information content (AvgIpc) is 3.05. The average molecular weight is 357 g/mol. The second kappa shape index (κ2) is 6.86. The number of H-pyrrole nitrogens is 1. The number of hydrogen-bond acceptors (Lipinski definition) is 6. The van der Waals surface area contributed by atoms with Crippen molar-refractivity contribution in [1.29, 1.82) is 0 Å². The van der Waals surface area contributed by atoms with E-state index in [0.29, 0.717) is 28.9 Å². The van der Waals surface area contributed by atoms with Crippen molar-refractivity contribution in [2.24, 2.45) is 0 Å². The molecule has 0 aromatic carbocycles. The van der Waals surface area contributed by atoms with Crippen LogP contribution >= 0.6 is 11.3 Å². The third-order valence-corrected chi connectivity index (χ3v) is 4.41. The second-order valence-electron chi connectivity index (χ2n) is 5.21. The lowest BCUT2D eigenvalue weighted by Crippen LogP contribution is -2.15. The van der Waals surface area contributed by atoms with Gasteiger partial charge in [-0.1, -0.05) is 0 Å². The molecular weight excluding hydrogens is 342 g/mol. The Hall–Kier alpha value is -3.00. The van der Waals surface area contributed by atoms with Crippen LogP contribution in [0, 0.1) is 6.92 Å². The summed E-state index contributed by atoms with van der Waals surface area (Å²) in [5, 5.41) is 11.6. The number of carbonyl (C=O) groups is 1. The van der Waals surface area contributed by atoms with Crippen molar-refractivity contribution in [3.63, 3.8) is 0 Å². The molecule has 3 heterocycles. The maximum absolute atomic E-state index is 12.2. The Kier molecular flexibility index (Phi) is 4.62. The molecule has 0 aliphatic carbocycles. The number of aromatic carboxylic acids is 1. The lowest BCUT2D eigenvalue weighted by atomic mass is 10.1. The Labute approximate surface area is 147 Å². The fraction of sp³-hybridized carbons (Fsp3) is 0.176. The molecule has 128 valence electrons. The van der Waals surface area contributed by atoms with E-state index in [-0.39, 0.29) is 16.7 Å². The highest BCUT2D eigenvalue weighted by Crippen LogP contribution is 2.29. The number of aromatic amines is 1. The largest absolute Gasteiger partial charge is 0.478 e. The van der Waals surface area contributed by atoms with E-state index in [9.17, 15) is 14.7 Å². The predicted octanol–water partition coefficient (Wildman–Crippen LogP) is 2.97. The van der Waals surface area contributed by atoms with Crippen LogP contribution in [0.4, 0.5) is 0 Å². The van der Waals surface area contributed by atoms with Gasteiger partial charge in [0.1, 0.15) is 5.01 Å². The summed E-state index contributed by atoms with van der Waals surface area (Å²) in [6.45, 7) is 3.93. The summed E-state index contributed by atoms with van der Waals surface area (Å²) in [6, 6.07) is 4.93. The first-order valence-electron chi connectivity index (χ1n) is 7.52. The van der Waals surface area contributed by atoms with Gasteiger partial charge in [-0.05, 0) is 26.0 Å². The van der Waals surface area contributed by atoms with Crippen molar-refractivity contribution in [3.05, 3.63) is 51.4 Å². The summed E-state index contributed by atoms with van der Waals surface area (Å²) >= 11 is 1.36. The number of aromatic nitrogens is 3. The molecule has 0 saturated heterocycles. The Morgan fingerprint density at radius 1 is 1.40 bits per heavy atom. The number of aryl methyl sites for hydroxylation is 1. The van der Waals surface area contributed by atoms with Crippen molar-refractivity contribution < 1.29 is 14.6 Å². The first kappa shape index (κ1) is 16.8. The molecule has 2 N–H and O–H groups in total. The first-order chi connectivity index (χ1) is 12.0. The Bertz CT molecular complexity index is 994. The SMILES string of the molecule is CCOc1cc(-c2nc(-c3cc(C(=O)O)c(C)[nH]c3=O)cs2)ccn1. The molecule has 0 atom stereocenters. The molecule has 0 aliphatic heterocycles. The van der Waals surface area contributed by atoms with E-state index in [1.54, 1.807) is 30.6 Å². The Morgan fingerprint density at radius 2 is 2.20 bits per heavy atom. The number of rotatable bonds is 5. The molecule has 8 heteroatoms. The Balaban J connectivity index is 2.02. The predicted molar refractivity (Wildman–Crippen MR) is 94.3 cm³/mol. The minimum Gasteiger partial charge on any atom is -0.478 e. The minimum absolute atomic E-state index is 0.0479. The van der Waals surface area contributed by atoms with Crippen molar-refractivity contribution in [1.82, 2.24) is 15.0 Å². The molecule has 0 spiro atoms. The van der Waals surface area contributed by atoms with Crippen LogP contribution in [0.2, 0.25) is 0 Å². The number of thiazole rings is 1. The monoisotopic (exact) mass is 357 g/mol. The molecule has 7 nitrogen and oxygen atoms in total. The third-order valence-electron chi connectivity index (χ3n) is 3.52. The van der Waals surface area contributed by atoms with Crippen LogP contribution in [-0.2, 0) is 0 Å². The van der Waals surface area contributed by atoms with Gasteiger partial charge in [0.15, 0.2) is 0 Å². The van der Waals surface area contributed by atoms with Crippen molar-refractivity contribution >= 4 is 17.3 Å². The summed E-state index contributed by atoms with van der Waals surface area (Å²) in [6.07, 6.45) is 1.63. The van der Waals surface area contributed by atoms with E-state index >= 15 is 0 Å². The fourth-order valence-electron chi connectivity index (χ4n) is 2.33. The topological polar surface area (TPSA) is 105 Å². The van der Waals surface area contributed by atoms with Gasteiger partial charge < -0.3 is 14.8 Å². The molecule has 0 bridgehead atoms. The molecule has 25 heavy (non-hydrogen) atoms. The van der Waals surface area contributed by atoms with Gasteiger partial charge in [-0.2, -0.15) is 0 Å². The van der Waals surface area contributed by atoms with Crippen molar-refractivity contribution in [2.45, 2.75) is 13.8 Å². The van der Waals surface area contributed by atoms with Crippen molar-refractivity contribution in [2.75, 3.05) is 6.61 Å². The van der Waals surface area contributed by atoms with E-state index in [1.807, 2.05) is 6.92 Å². The third kappa shape index (κ3) is 3.43. The van der Waals surface area contributed by atoms with E-state index in [4.69, 9.17) is 4.74 Å². The van der Waals surface area contributed by atoms with E-state index in [1.165, 1.54) is 17.4 Å². The molecule has 0 fully saturated rings. The van der Waals surface area contributed by atoms with Crippen LogP contribution in [0.3, 0.4) is 0 Å². The molecule has 0 amide bonds. The van der Waals surface area contributed by atoms with Crippen LogP contribution in [0.25, 0.3) is 21.8 Å². The second-order valence-corrected chi connectivity index (χ2v) is 6.07. The lowest BCUT2D eigenvalue weighted by molar-refractivity contribution is 0.0695. The zero-order valence-electron chi connectivity index (χ0n) is 13.6. The zero-order valence-corrected chi connectivity index (χ0v) is 14.4. The van der Waals surface area contributed by atoms with Crippen LogP contribution < -0.4 is 10.3 Å². The normalized spacial score (nSPS) is 10.6. The fourth-order valence-corrected chi connectivity index (χ4v) is 3.15. The highest BCUT2D eigenvalue weighted by Gasteiger charge is 2.15. The smallest absolute Gasteiger partial charge is 0.337 e. The maximum atomic E-state index is 12.2. The number of carboxylic acid groups (broad SMARTS) is 1. The van der Waals surface area contributed by atoms with E-state index < -0.39 is 5.97 Å². The van der Waals surface area contributed by atoms with Crippen LogP contribution in [-0.4, -0.2) is 32.6 Å². The van der Waals surface area contributed by atoms with Gasteiger partial charge in [0, 0.05) is 28.9 Å². The summed E-state index contributed by atoms with van der Waals surface area (Å²) in [4.78, 5) is 34.6. The number of pyridine rings is 2. The van der Waals surface area contributed by atoms with Crippen LogP contribution in [0.1, 0.15) is 23.0 Å². The molecule has 3 aromatic rings. The Morgan fingerprint density at radius 3 is 2.92 bits per heavy atom. The van der Waals surface area contributed by atoms with Gasteiger partial charge >= 0.3 is 5.97 Å². The number of nitrogens with zero attached hydrogens (tertiary/aromatic N) is 2. The number of ether oxygens (including phenoxy) is 1. The van der Waals surface area contributed by atoms with Crippen LogP contribution in [0.15, 0.2) is 34.6 Å². The number of hydrogen-bond donors (Lipinski definition) is 2. The summed E-state index contributed by atoms with van der Waals surface area (Å²) < 4.78 is 5.38. The number of carboxylic acids is 1. The van der Waals surface area contributed by atoms with Crippen LogP contribution in [0.5, 0.6) is 5.88 Å². The molecule has 0 unspecified atom stereocenters. The summed E-state index contributed by atoms with van der Waals surface area (Å²) in [7, 11) is 0. The standard InChI is InChI=1S/C17H15N3O4S/c1-3-24-14-6-10(4-5-18-14)16-20-13(8-25-16)12-7-11(17(22)23)9(2)19-15(12)21/h4-8H,3H2,1-2H3,(H,19,21)(H,22,23). The van der Waals surface area contributed by atoms with Gasteiger partial charge in [0.25, 0.3) is 5.56 Å². The maximum Gasteiger partial charge on any atom is 0.337 e. The molecule has 0 radical (unpaired) electrons. The first-order valence-corrected chi connectivity index (χ1v) is 8.40. The van der Waals surface area contributed by atoms with Gasteiger partial charge in [0.2, 0.25) is 5.88 Å². The van der Waals surface area contributed by atoms with Gasteiger partial charge in [-0.15, -0.1) is 11.3 Å². The van der Waals surface area contributed by atoms with Crippen molar-refractivity contribution in [3.8, 4) is 27.7 Å². The van der Waals surface area contributed by atoms with E-state index in [2.05, 4.69) is 15.0 Å². The summed E-state index contributed by atoms with van der Waals surface area (Å²) in [5.74, 6) is -0.598. The summed E-state index contributed by atoms with van der Waals surface area (Å²) in [5.41, 5.74) is 1.46.